The third-order valence-corrected chi connectivity index (χ3v) is 4.68. The largest absolute Gasteiger partial charge is 0.190 e. The Labute approximate surface area is 97.2 Å². The molecular weight excluding hydrogens is 314 g/mol. The molecule has 13 heavy (non-hydrogen) atoms. The minimum atomic E-state index is 0.998. The van der Waals surface area contributed by atoms with E-state index in [4.69, 9.17) is 0 Å². The zero-order chi connectivity index (χ0) is 9.26. The summed E-state index contributed by atoms with van der Waals surface area (Å²) in [6.45, 7) is 0. The van der Waals surface area contributed by atoms with Gasteiger partial charge in [-0.15, -0.1) is 0 Å². The van der Waals surface area contributed by atoms with Crippen LogP contribution in [0.5, 0.6) is 0 Å². The topological polar surface area (TPSA) is 12.9 Å². The molecule has 0 saturated carbocycles. The van der Waals surface area contributed by atoms with Gasteiger partial charge in [0.1, 0.15) is 3.79 Å². The lowest BCUT2D eigenvalue weighted by Crippen LogP contribution is -1.75. The fourth-order valence-electron chi connectivity index (χ4n) is 1.03. The van der Waals surface area contributed by atoms with Crippen LogP contribution in [0, 0.1) is 0 Å². The van der Waals surface area contributed by atoms with Gasteiger partial charge in [0.25, 0.3) is 0 Å². The van der Waals surface area contributed by atoms with Crippen molar-refractivity contribution in [2.24, 2.45) is 0 Å². The zero-order valence-corrected chi connectivity index (χ0v) is 10.5. The maximum atomic E-state index is 4.33. The highest BCUT2D eigenvalue weighted by molar-refractivity contribution is 9.13. The number of nitrogens with zero attached hydrogens (tertiary/aromatic N) is 1. The Morgan fingerprint density at radius 1 is 1.08 bits per heavy atom. The highest BCUT2D eigenvalue weighted by Crippen LogP contribution is 2.36. The molecule has 0 aliphatic rings. The number of hydrogen-bond donors (Lipinski definition) is 0. The molecule has 0 atom stereocenters. The summed E-state index contributed by atoms with van der Waals surface area (Å²) in [6.07, 6.45) is 0. The van der Waals surface area contributed by atoms with Gasteiger partial charge in [0.05, 0.1) is 10.2 Å². The molecule has 2 aromatic rings. The number of aromatic nitrogens is 1. The maximum absolute atomic E-state index is 4.33. The van der Waals surface area contributed by atoms with E-state index < -0.39 is 0 Å². The van der Waals surface area contributed by atoms with Crippen LogP contribution in [0.1, 0.15) is 0 Å². The van der Waals surface area contributed by atoms with Crippen LogP contribution in [0.15, 0.2) is 38.6 Å². The first kappa shape index (κ1) is 9.37. The van der Waals surface area contributed by atoms with Gasteiger partial charge in [0.2, 0.25) is 0 Å². The molecule has 0 bridgehead atoms. The van der Waals surface area contributed by atoms with E-state index in [9.17, 15) is 0 Å². The zero-order valence-electron chi connectivity index (χ0n) is 6.50. The van der Waals surface area contributed by atoms with Gasteiger partial charge in [-0.25, -0.2) is 0 Å². The molecule has 1 nitrogen and oxygen atoms in total. The number of halogens is 2. The van der Waals surface area contributed by atoms with Gasteiger partial charge in [-0.05, 0) is 43.4 Å². The monoisotopic (exact) mass is 317 g/mol. The van der Waals surface area contributed by atoms with Gasteiger partial charge >= 0.3 is 0 Å². The summed E-state index contributed by atoms with van der Waals surface area (Å²) in [5.74, 6) is 0. The highest BCUT2D eigenvalue weighted by atomic mass is 79.9. The van der Waals surface area contributed by atoms with Crippen molar-refractivity contribution >= 4 is 43.4 Å². The molecule has 0 N–H and O–H groups in total. The van der Waals surface area contributed by atoms with Crippen LogP contribution in [0.4, 0.5) is 0 Å². The summed E-state index contributed by atoms with van der Waals surface area (Å²) in [6, 6.07) is 10.1. The number of hydrogen-bond acceptors (Lipinski definition) is 2. The Kier molecular flexibility index (Phi) is 2.81. The Hall–Kier alpha value is -0.190. The summed E-state index contributed by atoms with van der Waals surface area (Å²) < 4.78 is 6.40. The van der Waals surface area contributed by atoms with E-state index in [0.29, 0.717) is 0 Å². The van der Waals surface area contributed by atoms with Crippen LogP contribution in [0.3, 0.4) is 0 Å². The highest BCUT2D eigenvalue weighted by Gasteiger charge is 2.09. The Morgan fingerprint density at radius 3 is 2.31 bits per heavy atom. The van der Waals surface area contributed by atoms with Crippen molar-refractivity contribution in [3.05, 3.63) is 38.6 Å². The second-order valence-electron chi connectivity index (χ2n) is 2.48. The molecule has 1 heterocycles. The molecule has 1 aromatic heterocycles. The first-order valence-corrected chi connectivity index (χ1v) is 6.01. The molecule has 0 fully saturated rings. The summed E-state index contributed by atoms with van der Waals surface area (Å²) in [4.78, 5) is 0. The molecule has 0 aliphatic heterocycles. The smallest absolute Gasteiger partial charge is 0.105 e. The van der Waals surface area contributed by atoms with Crippen molar-refractivity contribution in [1.29, 1.82) is 0 Å². The van der Waals surface area contributed by atoms with Gasteiger partial charge in [0.15, 0.2) is 0 Å². The minimum Gasteiger partial charge on any atom is -0.190 e. The average molecular weight is 319 g/mol. The molecular formula is C9H5Br2NS. The molecule has 0 saturated heterocycles. The van der Waals surface area contributed by atoms with E-state index in [-0.39, 0.29) is 0 Å². The molecule has 0 unspecified atom stereocenters. The second kappa shape index (κ2) is 3.90. The summed E-state index contributed by atoms with van der Waals surface area (Å²) in [5, 5.41) is 0. The number of rotatable bonds is 1. The van der Waals surface area contributed by atoms with E-state index >= 15 is 0 Å². The minimum absolute atomic E-state index is 0.998. The van der Waals surface area contributed by atoms with E-state index in [0.717, 1.165) is 19.5 Å². The maximum Gasteiger partial charge on any atom is 0.105 e. The average Bonchev–Trinajstić information content (AvgIpc) is 2.49. The molecule has 0 amide bonds. The SMILES string of the molecule is Brc1snc(-c2ccccc2)c1Br. The summed E-state index contributed by atoms with van der Waals surface area (Å²) >= 11 is 8.36. The van der Waals surface area contributed by atoms with E-state index in [1.807, 2.05) is 30.3 Å². The van der Waals surface area contributed by atoms with Gasteiger partial charge in [-0.2, -0.15) is 4.37 Å². The van der Waals surface area contributed by atoms with Crippen LogP contribution in [-0.2, 0) is 0 Å². The van der Waals surface area contributed by atoms with Crippen LogP contribution >= 0.6 is 43.4 Å². The summed E-state index contributed by atoms with van der Waals surface area (Å²) in [5.41, 5.74) is 2.13. The van der Waals surface area contributed by atoms with Crippen molar-refractivity contribution in [3.8, 4) is 11.3 Å². The lowest BCUT2D eigenvalue weighted by Gasteiger charge is -1.95. The molecule has 0 spiro atoms. The third-order valence-electron chi connectivity index (χ3n) is 1.64. The third kappa shape index (κ3) is 1.85. The Balaban J connectivity index is 2.53. The van der Waals surface area contributed by atoms with Crippen molar-refractivity contribution in [3.63, 3.8) is 0 Å². The molecule has 0 radical (unpaired) electrons. The normalized spacial score (nSPS) is 10.3. The molecule has 1 aromatic carbocycles. The van der Waals surface area contributed by atoms with Crippen molar-refractivity contribution in [2.45, 2.75) is 0 Å². The first-order valence-electron chi connectivity index (χ1n) is 3.65. The van der Waals surface area contributed by atoms with Gasteiger partial charge < -0.3 is 0 Å². The van der Waals surface area contributed by atoms with E-state index in [2.05, 4.69) is 36.2 Å². The predicted octanol–water partition coefficient (Wildman–Crippen LogP) is 4.34. The van der Waals surface area contributed by atoms with Crippen LogP contribution in [-0.4, -0.2) is 4.37 Å². The van der Waals surface area contributed by atoms with Crippen LogP contribution in [0.25, 0.3) is 11.3 Å². The van der Waals surface area contributed by atoms with Gasteiger partial charge in [0, 0.05) is 5.56 Å². The van der Waals surface area contributed by atoms with Crippen molar-refractivity contribution < 1.29 is 0 Å². The summed E-state index contributed by atoms with van der Waals surface area (Å²) in [7, 11) is 0. The fourth-order valence-corrected chi connectivity index (χ4v) is 2.64. The lowest BCUT2D eigenvalue weighted by molar-refractivity contribution is 1.50. The molecule has 0 aliphatic carbocycles. The number of benzene rings is 1. The first-order chi connectivity index (χ1) is 6.29. The second-order valence-corrected chi connectivity index (χ2v) is 5.37. The lowest BCUT2D eigenvalue weighted by atomic mass is 10.2. The standard InChI is InChI=1S/C9H5Br2NS/c10-7-8(12-13-9(7)11)6-4-2-1-3-5-6/h1-5H. The van der Waals surface area contributed by atoms with Gasteiger partial charge in [-0.1, -0.05) is 30.3 Å². The van der Waals surface area contributed by atoms with Crippen molar-refractivity contribution in [2.75, 3.05) is 0 Å². The molecule has 4 heteroatoms. The molecule has 2 rings (SSSR count). The van der Waals surface area contributed by atoms with E-state index in [1.54, 1.807) is 0 Å². The fraction of sp³-hybridized carbons (Fsp3) is 0. The van der Waals surface area contributed by atoms with Gasteiger partial charge in [-0.3, -0.25) is 0 Å². The van der Waals surface area contributed by atoms with Crippen molar-refractivity contribution in [1.82, 2.24) is 4.37 Å². The van der Waals surface area contributed by atoms with E-state index in [1.165, 1.54) is 11.5 Å². The predicted molar refractivity (Wildman–Crippen MR) is 63.0 cm³/mol. The Morgan fingerprint density at radius 2 is 1.77 bits per heavy atom. The Bertz CT molecular complexity index is 411. The van der Waals surface area contributed by atoms with Crippen LogP contribution < -0.4 is 0 Å². The quantitative estimate of drug-likeness (QED) is 0.762. The molecule has 66 valence electrons. The van der Waals surface area contributed by atoms with Crippen LogP contribution in [0.2, 0.25) is 0 Å².